The van der Waals surface area contributed by atoms with Crippen LogP contribution in [0.1, 0.15) is 16.1 Å². The first-order valence-electron chi connectivity index (χ1n) is 6.85. The van der Waals surface area contributed by atoms with Gasteiger partial charge in [-0.15, -0.1) is 11.8 Å². The lowest BCUT2D eigenvalue weighted by molar-refractivity contribution is 0.0947. The number of fused-ring (bicyclic) bond motifs is 1. The van der Waals surface area contributed by atoms with E-state index in [0.29, 0.717) is 17.3 Å². The number of hydrogen-bond acceptors (Lipinski definition) is 2. The molecule has 22 heavy (non-hydrogen) atoms. The van der Waals surface area contributed by atoms with Gasteiger partial charge in [-0.3, -0.25) is 4.79 Å². The SMILES string of the molecule is CSc1ccc(CNC(=O)c2cc3ccc(Cl)cc3[nH]2)cc1. The minimum atomic E-state index is -0.124. The molecule has 0 aliphatic rings. The molecule has 0 saturated heterocycles. The molecule has 1 aromatic heterocycles. The largest absolute Gasteiger partial charge is 0.350 e. The van der Waals surface area contributed by atoms with Gasteiger partial charge >= 0.3 is 0 Å². The molecule has 2 aromatic carbocycles. The molecule has 0 radical (unpaired) electrons. The molecular formula is C17H15ClN2OS. The third-order valence-electron chi connectivity index (χ3n) is 3.44. The Bertz CT molecular complexity index is 811. The zero-order valence-corrected chi connectivity index (χ0v) is 13.6. The minimum Gasteiger partial charge on any atom is -0.350 e. The summed E-state index contributed by atoms with van der Waals surface area (Å²) in [6.45, 7) is 0.504. The van der Waals surface area contributed by atoms with Crippen molar-refractivity contribution in [2.24, 2.45) is 0 Å². The molecule has 0 bridgehead atoms. The number of amides is 1. The van der Waals surface area contributed by atoms with Gasteiger partial charge in [0.25, 0.3) is 5.91 Å². The van der Waals surface area contributed by atoms with E-state index in [9.17, 15) is 4.79 Å². The second kappa shape index (κ2) is 6.46. The zero-order chi connectivity index (χ0) is 15.5. The van der Waals surface area contributed by atoms with Crippen LogP contribution < -0.4 is 5.32 Å². The van der Waals surface area contributed by atoms with Crippen LogP contribution in [0.2, 0.25) is 5.02 Å². The van der Waals surface area contributed by atoms with E-state index in [1.165, 1.54) is 4.90 Å². The van der Waals surface area contributed by atoms with Gasteiger partial charge in [0.2, 0.25) is 0 Å². The Kier molecular flexibility index (Phi) is 4.41. The van der Waals surface area contributed by atoms with Gasteiger partial charge in [0.05, 0.1) is 0 Å². The van der Waals surface area contributed by atoms with Crippen molar-refractivity contribution in [1.29, 1.82) is 0 Å². The van der Waals surface area contributed by atoms with Crippen LogP contribution in [0.15, 0.2) is 53.4 Å². The molecule has 3 aromatic rings. The van der Waals surface area contributed by atoms with E-state index >= 15 is 0 Å². The van der Waals surface area contributed by atoms with Crippen molar-refractivity contribution in [3.63, 3.8) is 0 Å². The van der Waals surface area contributed by atoms with E-state index in [4.69, 9.17) is 11.6 Å². The highest BCUT2D eigenvalue weighted by molar-refractivity contribution is 7.98. The lowest BCUT2D eigenvalue weighted by atomic mass is 10.2. The van der Waals surface area contributed by atoms with Gasteiger partial charge < -0.3 is 10.3 Å². The highest BCUT2D eigenvalue weighted by atomic mass is 35.5. The van der Waals surface area contributed by atoms with Crippen molar-refractivity contribution in [2.75, 3.05) is 6.26 Å². The Balaban J connectivity index is 1.69. The summed E-state index contributed by atoms with van der Waals surface area (Å²) in [5.41, 5.74) is 2.48. The highest BCUT2D eigenvalue weighted by Gasteiger charge is 2.09. The molecule has 2 N–H and O–H groups in total. The smallest absolute Gasteiger partial charge is 0.267 e. The van der Waals surface area contributed by atoms with Gasteiger partial charge in [-0.2, -0.15) is 0 Å². The molecule has 3 nitrogen and oxygen atoms in total. The Morgan fingerprint density at radius 2 is 1.95 bits per heavy atom. The van der Waals surface area contributed by atoms with Gasteiger partial charge in [0.1, 0.15) is 5.69 Å². The number of carbonyl (C=O) groups excluding carboxylic acids is 1. The quantitative estimate of drug-likeness (QED) is 0.693. The van der Waals surface area contributed by atoms with Crippen LogP contribution in [0, 0.1) is 0 Å². The maximum atomic E-state index is 12.2. The Morgan fingerprint density at radius 3 is 2.68 bits per heavy atom. The molecule has 0 fully saturated rings. The molecule has 0 aliphatic carbocycles. The van der Waals surface area contributed by atoms with Gasteiger partial charge in [0, 0.05) is 27.4 Å². The van der Waals surface area contributed by atoms with Crippen LogP contribution in [0.25, 0.3) is 10.9 Å². The summed E-state index contributed by atoms with van der Waals surface area (Å²) >= 11 is 7.65. The van der Waals surface area contributed by atoms with E-state index in [2.05, 4.69) is 22.4 Å². The van der Waals surface area contributed by atoms with Crippen molar-refractivity contribution >= 4 is 40.2 Å². The molecule has 0 saturated carbocycles. The van der Waals surface area contributed by atoms with Crippen LogP contribution in [0.3, 0.4) is 0 Å². The molecule has 0 unspecified atom stereocenters. The van der Waals surface area contributed by atoms with Crippen LogP contribution in [0.4, 0.5) is 0 Å². The molecule has 0 atom stereocenters. The van der Waals surface area contributed by atoms with E-state index in [1.807, 2.05) is 42.7 Å². The van der Waals surface area contributed by atoms with Crippen LogP contribution in [-0.2, 0) is 6.54 Å². The monoisotopic (exact) mass is 330 g/mol. The molecule has 0 spiro atoms. The second-order valence-corrected chi connectivity index (χ2v) is 6.26. The van der Waals surface area contributed by atoms with Crippen LogP contribution >= 0.6 is 23.4 Å². The number of rotatable bonds is 4. The number of aromatic nitrogens is 1. The molecule has 1 amide bonds. The van der Waals surface area contributed by atoms with Crippen LogP contribution in [-0.4, -0.2) is 17.1 Å². The number of nitrogens with one attached hydrogen (secondary N) is 2. The summed E-state index contributed by atoms with van der Waals surface area (Å²) in [5.74, 6) is -0.124. The first-order chi connectivity index (χ1) is 10.7. The number of aromatic amines is 1. The van der Waals surface area contributed by atoms with Crippen molar-refractivity contribution in [1.82, 2.24) is 10.3 Å². The van der Waals surface area contributed by atoms with Crippen molar-refractivity contribution in [2.45, 2.75) is 11.4 Å². The first kappa shape index (κ1) is 15.0. The maximum absolute atomic E-state index is 12.2. The zero-order valence-electron chi connectivity index (χ0n) is 12.0. The van der Waals surface area contributed by atoms with Gasteiger partial charge in [-0.25, -0.2) is 0 Å². The molecule has 0 aliphatic heterocycles. The van der Waals surface area contributed by atoms with Gasteiger partial charge in [-0.1, -0.05) is 29.8 Å². The van der Waals surface area contributed by atoms with E-state index in [0.717, 1.165) is 16.5 Å². The third-order valence-corrected chi connectivity index (χ3v) is 4.42. The minimum absolute atomic E-state index is 0.124. The van der Waals surface area contributed by atoms with Crippen molar-refractivity contribution in [3.05, 3.63) is 64.8 Å². The van der Waals surface area contributed by atoms with Gasteiger partial charge in [0.15, 0.2) is 0 Å². The summed E-state index contributed by atoms with van der Waals surface area (Å²) in [5, 5.41) is 4.54. The Hall–Kier alpha value is -1.91. The van der Waals surface area contributed by atoms with Crippen LogP contribution in [0.5, 0.6) is 0 Å². The molecule has 1 heterocycles. The summed E-state index contributed by atoms with van der Waals surface area (Å²) in [4.78, 5) is 16.5. The fourth-order valence-electron chi connectivity index (χ4n) is 2.24. The molecule has 5 heteroatoms. The highest BCUT2D eigenvalue weighted by Crippen LogP contribution is 2.20. The first-order valence-corrected chi connectivity index (χ1v) is 8.45. The number of carbonyl (C=O) groups is 1. The molecular weight excluding hydrogens is 316 g/mol. The normalized spacial score (nSPS) is 10.8. The fraction of sp³-hybridized carbons (Fsp3) is 0.118. The number of thioether (sulfide) groups is 1. The van der Waals surface area contributed by atoms with Gasteiger partial charge in [-0.05, 0) is 42.2 Å². The summed E-state index contributed by atoms with van der Waals surface area (Å²) in [6.07, 6.45) is 2.04. The number of benzene rings is 2. The average Bonchev–Trinajstić information content (AvgIpc) is 2.96. The number of hydrogen-bond donors (Lipinski definition) is 2. The average molecular weight is 331 g/mol. The van der Waals surface area contributed by atoms with Crippen molar-refractivity contribution < 1.29 is 4.79 Å². The lowest BCUT2D eigenvalue weighted by Gasteiger charge is -2.04. The predicted molar refractivity (Wildman–Crippen MR) is 92.7 cm³/mol. The summed E-state index contributed by atoms with van der Waals surface area (Å²) in [7, 11) is 0. The lowest BCUT2D eigenvalue weighted by Crippen LogP contribution is -2.22. The van der Waals surface area contributed by atoms with E-state index in [-0.39, 0.29) is 5.91 Å². The Morgan fingerprint density at radius 1 is 1.18 bits per heavy atom. The topological polar surface area (TPSA) is 44.9 Å². The summed E-state index contributed by atoms with van der Waals surface area (Å²) < 4.78 is 0. The van der Waals surface area contributed by atoms with Crippen molar-refractivity contribution in [3.8, 4) is 0 Å². The molecule has 112 valence electrons. The number of halogens is 1. The molecule has 3 rings (SSSR count). The fourth-order valence-corrected chi connectivity index (χ4v) is 2.82. The van der Waals surface area contributed by atoms with E-state index in [1.54, 1.807) is 11.8 Å². The van der Waals surface area contributed by atoms with E-state index < -0.39 is 0 Å². The third kappa shape index (κ3) is 3.29. The standard InChI is InChI=1S/C17H15ClN2OS/c1-22-14-6-2-11(3-7-14)10-19-17(21)16-8-12-4-5-13(18)9-15(12)20-16/h2-9,20H,10H2,1H3,(H,19,21). The maximum Gasteiger partial charge on any atom is 0.267 e. The summed E-state index contributed by atoms with van der Waals surface area (Å²) in [6, 6.07) is 15.5. The second-order valence-electron chi connectivity index (χ2n) is 4.95. The number of H-pyrrole nitrogens is 1. The Labute approximate surface area is 138 Å². The predicted octanol–water partition coefficient (Wildman–Crippen LogP) is 4.47.